The predicted molar refractivity (Wildman–Crippen MR) is 112 cm³/mol. The summed E-state index contributed by atoms with van der Waals surface area (Å²) in [7, 11) is 1.62. The number of amides is 1. The summed E-state index contributed by atoms with van der Waals surface area (Å²) in [5.74, 6) is 1.50. The molecule has 0 fully saturated rings. The number of thioether (sulfide) groups is 1. The summed E-state index contributed by atoms with van der Waals surface area (Å²) < 4.78 is 6.17. The highest BCUT2D eigenvalue weighted by Crippen LogP contribution is 2.29. The van der Waals surface area contributed by atoms with Gasteiger partial charge in [0.25, 0.3) is 0 Å². The maximum absolute atomic E-state index is 12.3. The first-order valence-corrected chi connectivity index (χ1v) is 10.3. The number of hydrogen-bond acceptors (Lipinski definition) is 7. The van der Waals surface area contributed by atoms with Crippen LogP contribution in [0.4, 0.5) is 5.13 Å². The van der Waals surface area contributed by atoms with Crippen LogP contribution in [0.1, 0.15) is 5.56 Å². The summed E-state index contributed by atoms with van der Waals surface area (Å²) >= 11 is 2.68. The van der Waals surface area contributed by atoms with Crippen LogP contribution in [0.5, 0.6) is 5.75 Å². The number of aromatic amines is 1. The van der Waals surface area contributed by atoms with Crippen LogP contribution in [-0.4, -0.2) is 38.9 Å². The minimum atomic E-state index is -0.154. The number of methoxy groups -OCH3 is 1. The van der Waals surface area contributed by atoms with Crippen molar-refractivity contribution in [1.82, 2.24) is 20.2 Å². The Hall–Kier alpha value is -2.91. The molecule has 4 aromatic rings. The second-order valence-electron chi connectivity index (χ2n) is 5.97. The summed E-state index contributed by atoms with van der Waals surface area (Å²) in [6.07, 6.45) is 0. The molecule has 28 heavy (non-hydrogen) atoms. The van der Waals surface area contributed by atoms with Gasteiger partial charge in [-0.05, 0) is 30.7 Å². The Morgan fingerprint density at radius 1 is 1.25 bits per heavy atom. The number of H-pyrrole nitrogens is 1. The second-order valence-corrected chi connectivity index (χ2v) is 7.94. The van der Waals surface area contributed by atoms with Gasteiger partial charge in [0.15, 0.2) is 11.0 Å². The minimum Gasteiger partial charge on any atom is -0.497 e. The van der Waals surface area contributed by atoms with E-state index in [0.29, 0.717) is 16.1 Å². The quantitative estimate of drug-likeness (QED) is 0.464. The van der Waals surface area contributed by atoms with Gasteiger partial charge in [-0.2, -0.15) is 0 Å². The maximum atomic E-state index is 12.3. The number of carbonyl (C=O) groups is 1. The number of fused-ring (bicyclic) bond motifs is 1. The second kappa shape index (κ2) is 7.99. The summed E-state index contributed by atoms with van der Waals surface area (Å²) in [4.78, 5) is 21.1. The van der Waals surface area contributed by atoms with Crippen molar-refractivity contribution in [3.8, 4) is 17.1 Å². The number of nitrogens with zero attached hydrogens (tertiary/aromatic N) is 3. The van der Waals surface area contributed by atoms with Crippen molar-refractivity contribution >= 4 is 44.4 Å². The molecule has 0 unspecified atom stereocenters. The Balaban J connectivity index is 1.38. The predicted octanol–water partition coefficient (Wildman–Crippen LogP) is 4.13. The van der Waals surface area contributed by atoms with Gasteiger partial charge in [-0.15, -0.1) is 5.10 Å². The van der Waals surface area contributed by atoms with Crippen LogP contribution in [-0.2, 0) is 4.79 Å². The van der Waals surface area contributed by atoms with Crippen molar-refractivity contribution in [2.75, 3.05) is 18.2 Å². The summed E-state index contributed by atoms with van der Waals surface area (Å²) in [5, 5.41) is 11.0. The molecule has 0 radical (unpaired) electrons. The molecule has 2 N–H and O–H groups in total. The number of benzene rings is 2. The first kappa shape index (κ1) is 18.5. The lowest BCUT2D eigenvalue weighted by atomic mass is 10.1. The van der Waals surface area contributed by atoms with E-state index in [-0.39, 0.29) is 11.7 Å². The number of rotatable bonds is 6. The van der Waals surface area contributed by atoms with Crippen molar-refractivity contribution in [3.05, 3.63) is 48.0 Å². The molecule has 0 aliphatic carbocycles. The molecule has 142 valence electrons. The Bertz CT molecular complexity index is 1140. The Labute approximate surface area is 169 Å². The lowest BCUT2D eigenvalue weighted by Crippen LogP contribution is -2.13. The van der Waals surface area contributed by atoms with Crippen LogP contribution in [0.2, 0.25) is 0 Å². The van der Waals surface area contributed by atoms with Crippen molar-refractivity contribution in [1.29, 1.82) is 0 Å². The molecular weight excluding hydrogens is 394 g/mol. The molecular formula is C19H17N5O2S2. The van der Waals surface area contributed by atoms with E-state index in [2.05, 4.69) is 25.5 Å². The van der Waals surface area contributed by atoms with E-state index in [9.17, 15) is 4.79 Å². The summed E-state index contributed by atoms with van der Waals surface area (Å²) in [6.45, 7) is 2.02. The number of nitrogens with one attached hydrogen (secondary N) is 2. The molecule has 0 bridgehead atoms. The standard InChI is InChI=1S/C19H17N5O2S2/c1-11-5-3-4-6-13(11)17-22-19(24-23-17)27-10-16(25)21-18-20-14-8-7-12(26-2)9-15(14)28-18/h3-9H,10H2,1-2H3,(H,20,21,25)(H,22,23,24). The fourth-order valence-electron chi connectivity index (χ4n) is 2.64. The van der Waals surface area contributed by atoms with Crippen molar-refractivity contribution in [3.63, 3.8) is 0 Å². The number of carbonyl (C=O) groups excluding carboxylic acids is 1. The van der Waals surface area contributed by atoms with Gasteiger partial charge in [0, 0.05) is 5.56 Å². The molecule has 4 rings (SSSR count). The Kier molecular flexibility index (Phi) is 5.27. The Morgan fingerprint density at radius 2 is 2.11 bits per heavy atom. The molecule has 0 saturated carbocycles. The molecule has 2 aromatic heterocycles. The first-order chi connectivity index (χ1) is 13.6. The smallest absolute Gasteiger partial charge is 0.236 e. The van der Waals surface area contributed by atoms with E-state index in [1.165, 1.54) is 23.1 Å². The van der Waals surface area contributed by atoms with E-state index in [4.69, 9.17) is 4.74 Å². The highest BCUT2D eigenvalue weighted by molar-refractivity contribution is 7.99. The van der Waals surface area contributed by atoms with Crippen molar-refractivity contribution < 1.29 is 9.53 Å². The van der Waals surface area contributed by atoms with Gasteiger partial charge in [-0.3, -0.25) is 9.89 Å². The number of aryl methyl sites for hydroxylation is 1. The molecule has 0 spiro atoms. The highest BCUT2D eigenvalue weighted by Gasteiger charge is 2.12. The molecule has 0 aliphatic heterocycles. The molecule has 0 saturated heterocycles. The van der Waals surface area contributed by atoms with Gasteiger partial charge >= 0.3 is 0 Å². The number of hydrogen-bond donors (Lipinski definition) is 2. The van der Waals surface area contributed by atoms with Gasteiger partial charge in [0.2, 0.25) is 11.1 Å². The minimum absolute atomic E-state index is 0.154. The number of anilines is 1. The maximum Gasteiger partial charge on any atom is 0.236 e. The number of aromatic nitrogens is 4. The van der Waals surface area contributed by atoms with E-state index < -0.39 is 0 Å². The zero-order chi connectivity index (χ0) is 19.5. The van der Waals surface area contributed by atoms with Gasteiger partial charge in [-0.25, -0.2) is 9.97 Å². The molecule has 0 aliphatic rings. The zero-order valence-electron chi connectivity index (χ0n) is 15.2. The molecule has 2 aromatic carbocycles. The fourth-order valence-corrected chi connectivity index (χ4v) is 4.15. The molecule has 9 heteroatoms. The van der Waals surface area contributed by atoms with Gasteiger partial charge in [0.05, 0.1) is 23.1 Å². The summed E-state index contributed by atoms with van der Waals surface area (Å²) in [5.41, 5.74) is 2.93. The molecule has 0 atom stereocenters. The van der Waals surface area contributed by atoms with Crippen LogP contribution in [0, 0.1) is 6.92 Å². The normalized spacial score (nSPS) is 10.9. The van der Waals surface area contributed by atoms with Gasteiger partial charge < -0.3 is 10.1 Å². The average Bonchev–Trinajstić information content (AvgIpc) is 3.32. The third-order valence-electron chi connectivity index (χ3n) is 4.04. The SMILES string of the molecule is COc1ccc2nc(NC(=O)CSc3n[nH]c(-c4ccccc4C)n3)sc2c1. The van der Waals surface area contributed by atoms with Crippen molar-refractivity contribution in [2.24, 2.45) is 0 Å². The molecule has 1 amide bonds. The van der Waals surface area contributed by atoms with Gasteiger partial charge in [-0.1, -0.05) is 47.4 Å². The van der Waals surface area contributed by atoms with Crippen LogP contribution < -0.4 is 10.1 Å². The fraction of sp³-hybridized carbons (Fsp3) is 0.158. The van der Waals surface area contributed by atoms with Crippen LogP contribution >= 0.6 is 23.1 Å². The Morgan fingerprint density at radius 3 is 2.93 bits per heavy atom. The lowest BCUT2D eigenvalue weighted by molar-refractivity contribution is -0.113. The van der Waals surface area contributed by atoms with E-state index in [1.807, 2.05) is 49.4 Å². The summed E-state index contributed by atoms with van der Waals surface area (Å²) in [6, 6.07) is 13.6. The van der Waals surface area contributed by atoms with Crippen LogP contribution in [0.25, 0.3) is 21.6 Å². The van der Waals surface area contributed by atoms with Crippen LogP contribution in [0.3, 0.4) is 0 Å². The topological polar surface area (TPSA) is 92.8 Å². The zero-order valence-corrected chi connectivity index (χ0v) is 16.9. The monoisotopic (exact) mass is 411 g/mol. The first-order valence-electron chi connectivity index (χ1n) is 8.48. The average molecular weight is 412 g/mol. The molecule has 2 heterocycles. The number of ether oxygens (including phenoxy) is 1. The number of thiazole rings is 1. The van der Waals surface area contributed by atoms with Crippen LogP contribution in [0.15, 0.2) is 47.6 Å². The molecule has 7 nitrogen and oxygen atoms in total. The third kappa shape index (κ3) is 4.00. The van der Waals surface area contributed by atoms with E-state index in [0.717, 1.165) is 27.1 Å². The van der Waals surface area contributed by atoms with Gasteiger partial charge in [0.1, 0.15) is 5.75 Å². The highest BCUT2D eigenvalue weighted by atomic mass is 32.2. The third-order valence-corrected chi connectivity index (χ3v) is 5.82. The van der Waals surface area contributed by atoms with E-state index >= 15 is 0 Å². The lowest BCUT2D eigenvalue weighted by Gasteiger charge is -2.00. The van der Waals surface area contributed by atoms with E-state index in [1.54, 1.807) is 7.11 Å². The van der Waals surface area contributed by atoms with Crippen molar-refractivity contribution in [2.45, 2.75) is 12.1 Å². The largest absolute Gasteiger partial charge is 0.497 e.